The van der Waals surface area contributed by atoms with Crippen LogP contribution >= 0.6 is 0 Å². The minimum absolute atomic E-state index is 0.0964. The molecular weight excluding hydrogens is 304 g/mol. The molecule has 136 valence electrons. The molecule has 6 heteroatoms. The van der Waals surface area contributed by atoms with Crippen LogP contribution in [0.15, 0.2) is 23.2 Å². The summed E-state index contributed by atoms with van der Waals surface area (Å²) < 4.78 is 10.6. The number of benzene rings is 1. The Kier molecular flexibility index (Phi) is 7.85. The fraction of sp³-hybridized carbons (Fsp3) is 0.611. The molecule has 0 saturated carbocycles. The summed E-state index contributed by atoms with van der Waals surface area (Å²) in [5.74, 6) is 1.96. The van der Waals surface area contributed by atoms with E-state index < -0.39 is 0 Å². The van der Waals surface area contributed by atoms with Crippen LogP contribution in [0.3, 0.4) is 0 Å². The number of ether oxygens (including phenoxy) is 2. The van der Waals surface area contributed by atoms with Crippen molar-refractivity contribution < 1.29 is 9.47 Å². The largest absolute Gasteiger partial charge is 0.493 e. The van der Waals surface area contributed by atoms with Gasteiger partial charge < -0.3 is 25.4 Å². The quantitative estimate of drug-likeness (QED) is 0.531. The maximum atomic E-state index is 5.96. The zero-order chi connectivity index (χ0) is 18.2. The van der Waals surface area contributed by atoms with Gasteiger partial charge in [-0.15, -0.1) is 0 Å². The monoisotopic (exact) mass is 336 g/mol. The lowest BCUT2D eigenvalue weighted by molar-refractivity contribution is 0.249. The van der Waals surface area contributed by atoms with Gasteiger partial charge in [-0.25, -0.2) is 0 Å². The molecule has 0 radical (unpaired) electrons. The Morgan fingerprint density at radius 3 is 2.46 bits per heavy atom. The summed E-state index contributed by atoms with van der Waals surface area (Å²) in [5.41, 5.74) is 7.21. The van der Waals surface area contributed by atoms with Gasteiger partial charge in [0.15, 0.2) is 17.5 Å². The van der Waals surface area contributed by atoms with Crippen molar-refractivity contribution in [3.63, 3.8) is 0 Å². The van der Waals surface area contributed by atoms with Crippen LogP contribution in [0.25, 0.3) is 0 Å². The summed E-state index contributed by atoms with van der Waals surface area (Å²) in [7, 11) is 7.40. The van der Waals surface area contributed by atoms with Crippen LogP contribution in [0.1, 0.15) is 19.4 Å². The Morgan fingerprint density at radius 1 is 1.21 bits per heavy atom. The van der Waals surface area contributed by atoms with Crippen LogP contribution in [0, 0.1) is 5.41 Å². The highest BCUT2D eigenvalue weighted by atomic mass is 16.5. The van der Waals surface area contributed by atoms with Gasteiger partial charge in [-0.05, 0) is 43.6 Å². The van der Waals surface area contributed by atoms with E-state index in [2.05, 4.69) is 43.2 Å². The van der Waals surface area contributed by atoms with Crippen LogP contribution in [0.4, 0.5) is 0 Å². The molecule has 6 nitrogen and oxygen atoms in total. The fourth-order valence-electron chi connectivity index (χ4n) is 2.63. The molecule has 0 atom stereocenters. The Bertz CT molecular complexity index is 542. The van der Waals surface area contributed by atoms with Crippen LogP contribution in [-0.2, 0) is 6.42 Å². The lowest BCUT2D eigenvalue weighted by Crippen LogP contribution is -2.36. The summed E-state index contributed by atoms with van der Waals surface area (Å²) in [5, 5.41) is 3.17. The number of methoxy groups -OCH3 is 2. The maximum absolute atomic E-state index is 5.96. The van der Waals surface area contributed by atoms with Crippen molar-refractivity contribution in [1.82, 2.24) is 10.2 Å². The van der Waals surface area contributed by atoms with E-state index in [1.807, 2.05) is 18.2 Å². The molecule has 0 spiro atoms. The molecule has 0 aliphatic heterocycles. The van der Waals surface area contributed by atoms with Crippen molar-refractivity contribution in [2.45, 2.75) is 20.3 Å². The normalized spacial score (nSPS) is 12.4. The second kappa shape index (κ2) is 9.37. The number of hydrogen-bond donors (Lipinski definition) is 2. The lowest BCUT2D eigenvalue weighted by atomic mass is 9.93. The number of hydrogen-bond acceptors (Lipinski definition) is 4. The smallest absolute Gasteiger partial charge is 0.188 e. The van der Waals surface area contributed by atoms with Crippen LogP contribution in [-0.4, -0.2) is 58.8 Å². The molecule has 0 amide bonds. The van der Waals surface area contributed by atoms with E-state index in [-0.39, 0.29) is 5.41 Å². The fourth-order valence-corrected chi connectivity index (χ4v) is 2.63. The van der Waals surface area contributed by atoms with E-state index in [0.717, 1.165) is 36.6 Å². The number of nitrogens with zero attached hydrogens (tertiary/aromatic N) is 2. The molecule has 0 fully saturated rings. The highest BCUT2D eigenvalue weighted by molar-refractivity contribution is 5.77. The Hall–Kier alpha value is -1.95. The second-order valence-corrected chi connectivity index (χ2v) is 6.97. The average Bonchev–Trinajstić information content (AvgIpc) is 2.51. The number of rotatable bonds is 9. The third kappa shape index (κ3) is 7.08. The first-order valence-electron chi connectivity index (χ1n) is 8.17. The van der Waals surface area contributed by atoms with Gasteiger partial charge in [-0.1, -0.05) is 19.9 Å². The van der Waals surface area contributed by atoms with Crippen LogP contribution < -0.4 is 20.5 Å². The minimum atomic E-state index is 0.0964. The zero-order valence-electron chi connectivity index (χ0n) is 15.8. The van der Waals surface area contributed by atoms with Crippen molar-refractivity contribution in [3.05, 3.63) is 23.8 Å². The third-order valence-corrected chi connectivity index (χ3v) is 3.59. The van der Waals surface area contributed by atoms with Gasteiger partial charge in [-0.2, -0.15) is 0 Å². The molecular formula is C18H32N4O2. The van der Waals surface area contributed by atoms with E-state index in [9.17, 15) is 0 Å². The molecule has 0 aliphatic rings. The molecule has 0 aliphatic carbocycles. The van der Waals surface area contributed by atoms with Crippen molar-refractivity contribution in [3.8, 4) is 11.5 Å². The van der Waals surface area contributed by atoms with Gasteiger partial charge >= 0.3 is 0 Å². The first-order valence-corrected chi connectivity index (χ1v) is 8.17. The molecule has 1 aromatic carbocycles. The van der Waals surface area contributed by atoms with E-state index in [0.29, 0.717) is 12.5 Å². The van der Waals surface area contributed by atoms with Gasteiger partial charge in [0.05, 0.1) is 14.2 Å². The predicted molar refractivity (Wildman–Crippen MR) is 100 cm³/mol. The van der Waals surface area contributed by atoms with Crippen molar-refractivity contribution in [2.24, 2.45) is 16.1 Å². The first kappa shape index (κ1) is 20.1. The van der Waals surface area contributed by atoms with Crippen LogP contribution in [0.5, 0.6) is 11.5 Å². The Morgan fingerprint density at radius 2 is 1.88 bits per heavy atom. The van der Waals surface area contributed by atoms with E-state index >= 15 is 0 Å². The van der Waals surface area contributed by atoms with E-state index in [4.69, 9.17) is 15.2 Å². The van der Waals surface area contributed by atoms with Gasteiger partial charge in [0.2, 0.25) is 0 Å². The molecule has 0 saturated heterocycles. The number of nitrogens with two attached hydrogens (primary N) is 1. The number of guanidine groups is 1. The lowest BCUT2D eigenvalue weighted by Gasteiger charge is -2.26. The van der Waals surface area contributed by atoms with Crippen molar-refractivity contribution in [1.29, 1.82) is 0 Å². The molecule has 24 heavy (non-hydrogen) atoms. The van der Waals surface area contributed by atoms with Crippen LogP contribution in [0.2, 0.25) is 0 Å². The van der Waals surface area contributed by atoms with E-state index in [1.165, 1.54) is 0 Å². The molecule has 1 rings (SSSR count). The molecule has 0 unspecified atom stereocenters. The highest BCUT2D eigenvalue weighted by Crippen LogP contribution is 2.27. The first-order chi connectivity index (χ1) is 11.3. The standard InChI is InChI=1S/C18H32N4O2/c1-18(2,13-22(3)4)12-21-17(19)20-10-9-14-7-8-15(23-5)16(11-14)24-6/h7-8,11H,9-10,12-13H2,1-6H3,(H3,19,20,21). The van der Waals surface area contributed by atoms with Gasteiger partial charge in [-0.3, -0.25) is 4.99 Å². The third-order valence-electron chi connectivity index (χ3n) is 3.59. The average molecular weight is 336 g/mol. The molecule has 0 bridgehead atoms. The zero-order valence-corrected chi connectivity index (χ0v) is 15.8. The molecule has 0 aromatic heterocycles. The summed E-state index contributed by atoms with van der Waals surface area (Å²) >= 11 is 0. The topological polar surface area (TPSA) is 72.1 Å². The van der Waals surface area contributed by atoms with Crippen molar-refractivity contribution >= 4 is 5.96 Å². The predicted octanol–water partition coefficient (Wildman–Crippen LogP) is 1.74. The maximum Gasteiger partial charge on any atom is 0.188 e. The Balaban J connectivity index is 2.48. The highest BCUT2D eigenvalue weighted by Gasteiger charge is 2.18. The molecule has 3 N–H and O–H groups in total. The summed E-state index contributed by atoms with van der Waals surface area (Å²) in [6.07, 6.45) is 0.831. The van der Waals surface area contributed by atoms with Crippen molar-refractivity contribution in [2.75, 3.05) is 47.9 Å². The molecule has 1 aromatic rings. The summed E-state index contributed by atoms with van der Waals surface area (Å²) in [6.45, 7) is 6.76. The number of nitrogens with one attached hydrogen (secondary N) is 1. The minimum Gasteiger partial charge on any atom is -0.493 e. The summed E-state index contributed by atoms with van der Waals surface area (Å²) in [6, 6.07) is 5.92. The van der Waals surface area contributed by atoms with Gasteiger partial charge in [0.1, 0.15) is 0 Å². The molecule has 0 heterocycles. The van der Waals surface area contributed by atoms with E-state index in [1.54, 1.807) is 14.2 Å². The van der Waals surface area contributed by atoms with Gasteiger partial charge in [0.25, 0.3) is 0 Å². The van der Waals surface area contributed by atoms with Gasteiger partial charge in [0, 0.05) is 19.6 Å². The SMILES string of the molecule is COc1ccc(CCNC(N)=NCC(C)(C)CN(C)C)cc1OC. The summed E-state index contributed by atoms with van der Waals surface area (Å²) in [4.78, 5) is 6.62. The number of aliphatic imine (C=N–C) groups is 1. The second-order valence-electron chi connectivity index (χ2n) is 6.97. The Labute approximate surface area is 146 Å².